The van der Waals surface area contributed by atoms with E-state index in [2.05, 4.69) is 40.6 Å². The van der Waals surface area contributed by atoms with Gasteiger partial charge in [0.2, 0.25) is 0 Å². The molecule has 2 aromatic rings. The first-order chi connectivity index (χ1) is 7.92. The summed E-state index contributed by atoms with van der Waals surface area (Å²) in [6, 6.07) is 13.0. The summed E-state index contributed by atoms with van der Waals surface area (Å²) in [5.74, 6) is 0. The van der Waals surface area contributed by atoms with Gasteiger partial charge in [-0.25, -0.2) is 0 Å². The van der Waals surface area contributed by atoms with Crippen LogP contribution in [-0.4, -0.2) is 18.0 Å². The molecule has 2 heteroatoms. The number of hydrogen-bond donors (Lipinski definition) is 0. The number of likely N-dealkylation sites (tertiary alicyclic amines) is 1. The van der Waals surface area contributed by atoms with E-state index >= 15 is 0 Å². The van der Waals surface area contributed by atoms with Gasteiger partial charge in [0.25, 0.3) is 0 Å². The average molecular weight is 228 g/mol. The van der Waals surface area contributed by atoms with Crippen LogP contribution >= 0.6 is 11.3 Å². The lowest BCUT2D eigenvalue weighted by molar-refractivity contribution is 0.172. The molecule has 1 saturated heterocycles. The molecule has 3 rings (SSSR count). The highest BCUT2D eigenvalue weighted by atomic mass is 32.1. The molecule has 1 fully saturated rings. The topological polar surface area (TPSA) is 3.24 Å². The normalized spacial score (nSPS) is 16.0. The van der Waals surface area contributed by atoms with Crippen molar-refractivity contribution in [1.29, 1.82) is 0 Å². The van der Waals surface area contributed by atoms with Crippen LogP contribution in [-0.2, 0) is 6.54 Å². The summed E-state index contributed by atoms with van der Waals surface area (Å²) < 4.78 is 0. The fourth-order valence-electron chi connectivity index (χ4n) is 2.02. The molecule has 1 aliphatic rings. The molecule has 0 atom stereocenters. The number of nitrogens with zero attached hydrogens (tertiary/aromatic N) is 1. The molecule has 1 radical (unpaired) electrons. The van der Waals surface area contributed by atoms with Gasteiger partial charge in [-0.15, -0.1) is 11.3 Å². The standard InChI is InChI=1S/C14H14NS/c1-4-12(11-15-7-3-8-15)10-13(5-1)14-6-2-9-16-14/h1-2,4-6,10H,3,7-8,11H2. The molecular formula is C14H14NS. The van der Waals surface area contributed by atoms with Crippen molar-refractivity contribution in [3.05, 3.63) is 47.3 Å². The molecule has 81 valence electrons. The number of thiophene rings is 1. The predicted octanol–water partition coefficient (Wildman–Crippen LogP) is 3.42. The Kier molecular flexibility index (Phi) is 2.77. The monoisotopic (exact) mass is 228 g/mol. The maximum Gasteiger partial charge on any atom is 0.0449 e. The molecular weight excluding hydrogens is 214 g/mol. The van der Waals surface area contributed by atoms with E-state index in [1.807, 2.05) is 6.07 Å². The Morgan fingerprint density at radius 3 is 2.88 bits per heavy atom. The van der Waals surface area contributed by atoms with Gasteiger partial charge in [-0.3, -0.25) is 4.90 Å². The minimum Gasteiger partial charge on any atom is -0.299 e. The number of rotatable bonds is 3. The Bertz CT molecular complexity index is 457. The van der Waals surface area contributed by atoms with Gasteiger partial charge in [-0.1, -0.05) is 18.2 Å². The number of benzene rings is 1. The minimum atomic E-state index is 1.10. The summed E-state index contributed by atoms with van der Waals surface area (Å²) in [7, 11) is 0. The highest BCUT2D eigenvalue weighted by molar-refractivity contribution is 7.13. The van der Waals surface area contributed by atoms with Crippen molar-refractivity contribution in [3.63, 3.8) is 0 Å². The Hall–Kier alpha value is -1.12. The van der Waals surface area contributed by atoms with Crippen LogP contribution in [0.3, 0.4) is 0 Å². The van der Waals surface area contributed by atoms with Gasteiger partial charge < -0.3 is 0 Å². The maximum absolute atomic E-state index is 3.14. The quantitative estimate of drug-likeness (QED) is 0.778. The van der Waals surface area contributed by atoms with Crippen LogP contribution in [0.2, 0.25) is 0 Å². The second kappa shape index (κ2) is 4.40. The summed E-state index contributed by atoms with van der Waals surface area (Å²) in [4.78, 5) is 3.80. The van der Waals surface area contributed by atoms with E-state index in [1.165, 1.54) is 35.5 Å². The smallest absolute Gasteiger partial charge is 0.0449 e. The largest absolute Gasteiger partial charge is 0.299 e. The van der Waals surface area contributed by atoms with Crippen LogP contribution in [0.15, 0.2) is 36.4 Å². The molecule has 1 aliphatic heterocycles. The zero-order valence-corrected chi connectivity index (χ0v) is 9.96. The zero-order valence-electron chi connectivity index (χ0n) is 9.15. The molecule has 0 amide bonds. The SMILES string of the molecule is [c]1ccc(-c2cccc(CN3CCC3)c2)s1. The van der Waals surface area contributed by atoms with E-state index in [1.54, 1.807) is 11.3 Å². The highest BCUT2D eigenvalue weighted by Crippen LogP contribution is 2.25. The lowest BCUT2D eigenvalue weighted by Crippen LogP contribution is -2.36. The van der Waals surface area contributed by atoms with Gasteiger partial charge in [0.1, 0.15) is 0 Å². The zero-order chi connectivity index (χ0) is 10.8. The van der Waals surface area contributed by atoms with Crippen molar-refractivity contribution in [2.24, 2.45) is 0 Å². The first-order valence-corrected chi connectivity index (χ1v) is 6.51. The van der Waals surface area contributed by atoms with Gasteiger partial charge in [-0.2, -0.15) is 0 Å². The van der Waals surface area contributed by atoms with Crippen LogP contribution in [0.5, 0.6) is 0 Å². The summed E-state index contributed by atoms with van der Waals surface area (Å²) >= 11 is 1.68. The molecule has 0 spiro atoms. The van der Waals surface area contributed by atoms with Crippen molar-refractivity contribution in [2.45, 2.75) is 13.0 Å². The van der Waals surface area contributed by atoms with E-state index in [-0.39, 0.29) is 0 Å². The van der Waals surface area contributed by atoms with Crippen molar-refractivity contribution in [3.8, 4) is 10.4 Å². The second-order valence-corrected chi connectivity index (χ2v) is 5.13. The Morgan fingerprint density at radius 1 is 1.25 bits per heavy atom. The van der Waals surface area contributed by atoms with Crippen LogP contribution in [0, 0.1) is 5.38 Å². The third kappa shape index (κ3) is 2.04. The first-order valence-electron chi connectivity index (χ1n) is 5.69. The molecule has 0 unspecified atom stereocenters. The molecule has 1 aromatic heterocycles. The second-order valence-electron chi connectivity index (χ2n) is 4.25. The van der Waals surface area contributed by atoms with Crippen LogP contribution in [0.1, 0.15) is 12.0 Å². The summed E-state index contributed by atoms with van der Waals surface area (Å²) in [5.41, 5.74) is 2.75. The van der Waals surface area contributed by atoms with Crippen LogP contribution in [0.4, 0.5) is 0 Å². The van der Waals surface area contributed by atoms with Gasteiger partial charge >= 0.3 is 0 Å². The average Bonchev–Trinajstić information content (AvgIpc) is 2.77. The predicted molar refractivity (Wildman–Crippen MR) is 68.5 cm³/mol. The molecule has 2 heterocycles. The van der Waals surface area contributed by atoms with Gasteiger partial charge in [0.05, 0.1) is 0 Å². The van der Waals surface area contributed by atoms with E-state index in [0.29, 0.717) is 0 Å². The van der Waals surface area contributed by atoms with Crippen molar-refractivity contribution < 1.29 is 0 Å². The van der Waals surface area contributed by atoms with Crippen LogP contribution < -0.4 is 0 Å². The molecule has 1 nitrogen and oxygen atoms in total. The molecule has 0 bridgehead atoms. The van der Waals surface area contributed by atoms with Crippen LogP contribution in [0.25, 0.3) is 10.4 Å². The van der Waals surface area contributed by atoms with Gasteiger partial charge in [0, 0.05) is 16.8 Å². The molecule has 0 saturated carbocycles. The van der Waals surface area contributed by atoms with Crippen molar-refractivity contribution >= 4 is 11.3 Å². The summed E-state index contributed by atoms with van der Waals surface area (Å²) in [5, 5.41) is 3.14. The minimum absolute atomic E-state index is 1.10. The van der Waals surface area contributed by atoms with Gasteiger partial charge in [-0.05, 0) is 48.8 Å². The Balaban J connectivity index is 1.82. The van der Waals surface area contributed by atoms with Crippen molar-refractivity contribution in [1.82, 2.24) is 4.90 Å². The number of hydrogen-bond acceptors (Lipinski definition) is 2. The summed E-state index contributed by atoms with van der Waals surface area (Å²) in [6.45, 7) is 3.62. The van der Waals surface area contributed by atoms with E-state index in [9.17, 15) is 0 Å². The Morgan fingerprint density at radius 2 is 2.19 bits per heavy atom. The summed E-state index contributed by atoms with van der Waals surface area (Å²) in [6.07, 6.45) is 1.36. The third-order valence-electron chi connectivity index (χ3n) is 3.04. The van der Waals surface area contributed by atoms with E-state index in [0.717, 1.165) is 6.54 Å². The molecule has 0 N–H and O–H groups in total. The lowest BCUT2D eigenvalue weighted by Gasteiger charge is -2.30. The first kappa shape index (κ1) is 10.1. The third-order valence-corrected chi connectivity index (χ3v) is 3.88. The molecule has 16 heavy (non-hydrogen) atoms. The molecule has 0 aliphatic carbocycles. The highest BCUT2D eigenvalue weighted by Gasteiger charge is 2.13. The van der Waals surface area contributed by atoms with E-state index in [4.69, 9.17) is 0 Å². The van der Waals surface area contributed by atoms with E-state index < -0.39 is 0 Å². The lowest BCUT2D eigenvalue weighted by atomic mass is 10.1. The fraction of sp³-hybridized carbons (Fsp3) is 0.286. The van der Waals surface area contributed by atoms with Crippen molar-refractivity contribution in [2.75, 3.05) is 13.1 Å². The molecule has 1 aromatic carbocycles. The fourth-order valence-corrected chi connectivity index (χ4v) is 2.66. The van der Waals surface area contributed by atoms with Gasteiger partial charge in [0.15, 0.2) is 0 Å². The Labute approximate surface area is 100 Å². The maximum atomic E-state index is 3.14.